The van der Waals surface area contributed by atoms with E-state index < -0.39 is 0 Å². The first-order valence-corrected chi connectivity index (χ1v) is 3.87. The molecule has 9 heavy (non-hydrogen) atoms. The highest BCUT2D eigenvalue weighted by Crippen LogP contribution is 2.10. The van der Waals surface area contributed by atoms with E-state index in [0.29, 0.717) is 6.54 Å². The van der Waals surface area contributed by atoms with Crippen LogP contribution in [-0.4, -0.2) is 16.5 Å². The van der Waals surface area contributed by atoms with Crippen molar-refractivity contribution in [2.24, 2.45) is 5.73 Å². The minimum Gasteiger partial charge on any atom is -0.325 e. The Kier molecular flexibility index (Phi) is 2.13. The molecule has 4 heteroatoms. The molecular weight excluding hydrogens is 134 g/mol. The predicted octanol–water partition coefficient (Wildman–Crippen LogP) is 0.590. The number of aromatic amines is 1. The average Bonchev–Trinajstić information content (AvgIpc) is 2.34. The van der Waals surface area contributed by atoms with Crippen LogP contribution in [0.4, 0.5) is 0 Å². The van der Waals surface area contributed by atoms with Gasteiger partial charge in [-0.3, -0.25) is 5.10 Å². The summed E-state index contributed by atoms with van der Waals surface area (Å²) in [5, 5.41) is 7.77. The fourth-order valence-corrected chi connectivity index (χ4v) is 0.947. The van der Waals surface area contributed by atoms with Crippen molar-refractivity contribution in [3.63, 3.8) is 0 Å². The first kappa shape index (κ1) is 6.64. The van der Waals surface area contributed by atoms with Crippen LogP contribution < -0.4 is 5.73 Å². The second-order valence-corrected chi connectivity index (χ2v) is 2.47. The van der Waals surface area contributed by atoms with Gasteiger partial charge in [-0.05, 0) is 12.3 Å². The largest absolute Gasteiger partial charge is 0.325 e. The van der Waals surface area contributed by atoms with E-state index in [1.54, 1.807) is 11.8 Å². The molecular formula is C5H9N3S. The molecule has 1 heterocycles. The van der Waals surface area contributed by atoms with Gasteiger partial charge in [-0.1, -0.05) is 0 Å². The standard InChI is InChI=1S/C5H9N3S/c1-9-5-2-4(3-6)7-8-5/h2H,3,6H2,1H3,(H,7,8). The third-order valence-electron chi connectivity index (χ3n) is 1.04. The maximum Gasteiger partial charge on any atom is 0.118 e. The Morgan fingerprint density at radius 3 is 3.00 bits per heavy atom. The van der Waals surface area contributed by atoms with E-state index in [-0.39, 0.29) is 0 Å². The molecule has 0 atom stereocenters. The topological polar surface area (TPSA) is 54.7 Å². The van der Waals surface area contributed by atoms with Gasteiger partial charge in [0.1, 0.15) is 5.03 Å². The number of hydrogen-bond donors (Lipinski definition) is 2. The van der Waals surface area contributed by atoms with Crippen LogP contribution in [0, 0.1) is 0 Å². The lowest BCUT2D eigenvalue weighted by Gasteiger charge is -1.81. The van der Waals surface area contributed by atoms with Crippen LogP contribution >= 0.6 is 11.8 Å². The van der Waals surface area contributed by atoms with Gasteiger partial charge in [0, 0.05) is 12.2 Å². The zero-order valence-corrected chi connectivity index (χ0v) is 6.03. The van der Waals surface area contributed by atoms with Crippen LogP contribution in [0.25, 0.3) is 0 Å². The normalized spacial score (nSPS) is 10.0. The fourth-order valence-electron chi connectivity index (χ4n) is 0.550. The molecule has 3 nitrogen and oxygen atoms in total. The minimum absolute atomic E-state index is 0.535. The van der Waals surface area contributed by atoms with Gasteiger partial charge in [-0.25, -0.2) is 0 Å². The van der Waals surface area contributed by atoms with E-state index in [9.17, 15) is 0 Å². The number of thioether (sulfide) groups is 1. The molecule has 0 amide bonds. The summed E-state index contributed by atoms with van der Waals surface area (Å²) < 4.78 is 0. The lowest BCUT2D eigenvalue weighted by atomic mass is 10.4. The summed E-state index contributed by atoms with van der Waals surface area (Å²) in [6.07, 6.45) is 1.98. The molecule has 0 saturated carbocycles. The zero-order valence-electron chi connectivity index (χ0n) is 5.22. The van der Waals surface area contributed by atoms with Crippen molar-refractivity contribution in [1.82, 2.24) is 10.2 Å². The monoisotopic (exact) mass is 143 g/mol. The molecule has 3 N–H and O–H groups in total. The summed E-state index contributed by atoms with van der Waals surface area (Å²) >= 11 is 1.61. The van der Waals surface area contributed by atoms with Gasteiger partial charge in [0.15, 0.2) is 0 Å². The highest BCUT2D eigenvalue weighted by atomic mass is 32.2. The molecule has 0 fully saturated rings. The molecule has 0 radical (unpaired) electrons. The number of nitrogens with two attached hydrogens (primary N) is 1. The molecule has 0 aliphatic heterocycles. The third kappa shape index (κ3) is 1.46. The molecule has 0 aromatic carbocycles. The fraction of sp³-hybridized carbons (Fsp3) is 0.400. The predicted molar refractivity (Wildman–Crippen MR) is 38.3 cm³/mol. The summed E-state index contributed by atoms with van der Waals surface area (Å²) in [5.41, 5.74) is 6.32. The number of hydrogen-bond acceptors (Lipinski definition) is 3. The molecule has 0 aliphatic rings. The van der Waals surface area contributed by atoms with E-state index in [1.807, 2.05) is 12.3 Å². The molecule has 0 bridgehead atoms. The molecule has 0 aliphatic carbocycles. The summed E-state index contributed by atoms with van der Waals surface area (Å²) in [5.74, 6) is 0. The second kappa shape index (κ2) is 2.89. The number of nitrogens with one attached hydrogen (secondary N) is 1. The smallest absolute Gasteiger partial charge is 0.118 e. The number of H-pyrrole nitrogens is 1. The van der Waals surface area contributed by atoms with E-state index >= 15 is 0 Å². The highest BCUT2D eigenvalue weighted by Gasteiger charge is 1.94. The molecule has 0 spiro atoms. The van der Waals surface area contributed by atoms with Gasteiger partial charge in [-0.2, -0.15) is 5.10 Å². The van der Waals surface area contributed by atoms with Gasteiger partial charge < -0.3 is 5.73 Å². The van der Waals surface area contributed by atoms with Crippen LogP contribution in [0.15, 0.2) is 11.1 Å². The Bertz CT molecular complexity index is 166. The second-order valence-electron chi connectivity index (χ2n) is 1.64. The van der Waals surface area contributed by atoms with E-state index in [2.05, 4.69) is 10.2 Å². The van der Waals surface area contributed by atoms with Gasteiger partial charge in [0.25, 0.3) is 0 Å². The number of nitrogens with zero attached hydrogens (tertiary/aromatic N) is 1. The van der Waals surface area contributed by atoms with Crippen LogP contribution in [0.1, 0.15) is 5.69 Å². The van der Waals surface area contributed by atoms with E-state index in [4.69, 9.17) is 5.73 Å². The minimum atomic E-state index is 0.535. The summed E-state index contributed by atoms with van der Waals surface area (Å²) in [7, 11) is 0. The SMILES string of the molecule is CSc1cc(CN)[nH]n1. The highest BCUT2D eigenvalue weighted by molar-refractivity contribution is 7.98. The maximum absolute atomic E-state index is 5.34. The van der Waals surface area contributed by atoms with Gasteiger partial charge in [-0.15, -0.1) is 11.8 Å². The Hall–Kier alpha value is -0.480. The lowest BCUT2D eigenvalue weighted by Crippen LogP contribution is -1.95. The van der Waals surface area contributed by atoms with Crippen LogP contribution in [0.2, 0.25) is 0 Å². The van der Waals surface area contributed by atoms with Gasteiger partial charge in [0.2, 0.25) is 0 Å². The first-order valence-electron chi connectivity index (χ1n) is 2.65. The van der Waals surface area contributed by atoms with Gasteiger partial charge in [0.05, 0.1) is 0 Å². The zero-order chi connectivity index (χ0) is 6.69. The Labute approximate surface area is 58.0 Å². The van der Waals surface area contributed by atoms with Crippen LogP contribution in [0.3, 0.4) is 0 Å². The summed E-state index contributed by atoms with van der Waals surface area (Å²) in [4.78, 5) is 0. The number of aromatic nitrogens is 2. The van der Waals surface area contributed by atoms with Crippen LogP contribution in [0.5, 0.6) is 0 Å². The Balaban J connectivity index is 2.74. The van der Waals surface area contributed by atoms with Crippen molar-refractivity contribution in [3.05, 3.63) is 11.8 Å². The van der Waals surface area contributed by atoms with E-state index in [0.717, 1.165) is 10.7 Å². The quantitative estimate of drug-likeness (QED) is 0.596. The summed E-state index contributed by atoms with van der Waals surface area (Å²) in [6, 6.07) is 1.95. The Morgan fingerprint density at radius 2 is 2.67 bits per heavy atom. The van der Waals surface area contributed by atoms with Crippen LogP contribution in [-0.2, 0) is 6.54 Å². The van der Waals surface area contributed by atoms with Crippen molar-refractivity contribution in [1.29, 1.82) is 0 Å². The summed E-state index contributed by atoms with van der Waals surface area (Å²) in [6.45, 7) is 0.535. The average molecular weight is 143 g/mol. The first-order chi connectivity index (χ1) is 4.36. The molecule has 0 saturated heterocycles. The molecule has 0 unspecified atom stereocenters. The lowest BCUT2D eigenvalue weighted by molar-refractivity contribution is 0.926. The van der Waals surface area contributed by atoms with Crippen molar-refractivity contribution in [2.45, 2.75) is 11.6 Å². The number of rotatable bonds is 2. The van der Waals surface area contributed by atoms with Gasteiger partial charge >= 0.3 is 0 Å². The molecule has 1 aromatic heterocycles. The molecule has 1 aromatic rings. The van der Waals surface area contributed by atoms with E-state index in [1.165, 1.54) is 0 Å². The maximum atomic E-state index is 5.34. The van der Waals surface area contributed by atoms with Crippen molar-refractivity contribution in [3.8, 4) is 0 Å². The third-order valence-corrected chi connectivity index (χ3v) is 1.66. The molecule has 1 rings (SSSR count). The molecule has 50 valence electrons. The van der Waals surface area contributed by atoms with Crippen molar-refractivity contribution < 1.29 is 0 Å². The van der Waals surface area contributed by atoms with Crippen molar-refractivity contribution in [2.75, 3.05) is 6.26 Å². The van der Waals surface area contributed by atoms with Crippen molar-refractivity contribution >= 4 is 11.8 Å². The Morgan fingerprint density at radius 1 is 1.89 bits per heavy atom.